The van der Waals surface area contributed by atoms with Crippen LogP contribution in [0.15, 0.2) is 54.9 Å². The van der Waals surface area contributed by atoms with Crippen molar-refractivity contribution in [3.8, 4) is 5.88 Å². The number of benzene rings is 2. The minimum atomic E-state index is -0.0243. The van der Waals surface area contributed by atoms with Gasteiger partial charge in [0.2, 0.25) is 5.88 Å². The van der Waals surface area contributed by atoms with Crippen molar-refractivity contribution in [2.75, 3.05) is 0 Å². The number of ether oxygens (including phenoxy) is 1. The molecule has 5 rings (SSSR count). The maximum absolute atomic E-state index is 12.6. The van der Waals surface area contributed by atoms with Crippen LogP contribution in [0.5, 0.6) is 5.88 Å². The molecule has 5 nitrogen and oxygen atoms in total. The molecule has 0 unspecified atom stereocenters. The molecular weight excluding hydrogens is 398 g/mol. The highest BCUT2D eigenvalue weighted by atomic mass is 35.5. The van der Waals surface area contributed by atoms with Crippen molar-refractivity contribution in [2.24, 2.45) is 17.8 Å². The van der Waals surface area contributed by atoms with Gasteiger partial charge in [0.25, 0.3) is 5.91 Å². The van der Waals surface area contributed by atoms with Gasteiger partial charge in [0.05, 0.1) is 10.9 Å². The fraction of sp³-hybridized carbons (Fsp3) is 0.375. The number of para-hydroxylation sites is 1. The van der Waals surface area contributed by atoms with E-state index in [1.54, 1.807) is 30.6 Å². The third-order valence-electron chi connectivity index (χ3n) is 6.58. The number of amides is 1. The molecule has 3 atom stereocenters. The molecule has 2 aromatic carbocycles. The summed E-state index contributed by atoms with van der Waals surface area (Å²) in [6.45, 7) is 2.14. The van der Waals surface area contributed by atoms with Crippen LogP contribution >= 0.6 is 11.6 Å². The molecule has 2 saturated carbocycles. The first kappa shape index (κ1) is 19.3. The minimum absolute atomic E-state index is 0.0243. The zero-order chi connectivity index (χ0) is 20.7. The van der Waals surface area contributed by atoms with Crippen LogP contribution in [0.2, 0.25) is 5.02 Å². The third kappa shape index (κ3) is 3.63. The van der Waals surface area contributed by atoms with Crippen molar-refractivity contribution >= 4 is 28.4 Å². The summed E-state index contributed by atoms with van der Waals surface area (Å²) in [5, 5.41) is 4.83. The molecule has 1 N–H and O–H groups in total. The van der Waals surface area contributed by atoms with Gasteiger partial charge in [-0.1, -0.05) is 30.7 Å². The smallest absolute Gasteiger partial charge is 0.251 e. The number of carbonyl (C=O) groups is 1. The Morgan fingerprint density at radius 1 is 1.13 bits per heavy atom. The van der Waals surface area contributed by atoms with E-state index in [1.807, 2.05) is 24.3 Å². The van der Waals surface area contributed by atoms with E-state index in [2.05, 4.69) is 22.2 Å². The minimum Gasteiger partial charge on any atom is -0.474 e. The largest absolute Gasteiger partial charge is 0.474 e. The number of rotatable bonds is 6. The molecule has 1 heterocycles. The summed E-state index contributed by atoms with van der Waals surface area (Å²) >= 11 is 5.93. The van der Waals surface area contributed by atoms with Crippen LogP contribution in [0, 0.1) is 17.8 Å². The molecule has 0 aliphatic heterocycles. The predicted octanol–water partition coefficient (Wildman–Crippen LogP) is 4.90. The molecule has 0 spiro atoms. The number of hydrogen-bond acceptors (Lipinski definition) is 4. The second kappa shape index (κ2) is 7.88. The van der Waals surface area contributed by atoms with Crippen molar-refractivity contribution in [1.82, 2.24) is 15.3 Å². The highest BCUT2D eigenvalue weighted by Crippen LogP contribution is 2.60. The molecule has 30 heavy (non-hydrogen) atoms. The number of nitrogens with one attached hydrogen (secondary N) is 1. The van der Waals surface area contributed by atoms with Gasteiger partial charge in [-0.25, -0.2) is 9.97 Å². The average Bonchev–Trinajstić information content (AvgIpc) is 3.26. The van der Waals surface area contributed by atoms with Crippen molar-refractivity contribution in [3.63, 3.8) is 0 Å². The Hall–Kier alpha value is -2.66. The van der Waals surface area contributed by atoms with E-state index in [9.17, 15) is 4.79 Å². The standard InChI is InChI=1S/C24H24ClN3O2/c1-2-20(28-23(29)14-7-9-15(25)10-8-14)22-18-11-16(12-19(18)22)30-24-17-5-3-4-6-21(17)26-13-27-24/h3-10,13,16,18-20,22H,2,11-12H2,1H3,(H,28,29)/t16?,18-,19-,20-,22?/m0/s1. The topological polar surface area (TPSA) is 64.1 Å². The quantitative estimate of drug-likeness (QED) is 0.615. The normalized spacial score (nSPS) is 23.7. The van der Waals surface area contributed by atoms with Gasteiger partial charge in [-0.3, -0.25) is 4.79 Å². The molecular formula is C24H24ClN3O2. The van der Waals surface area contributed by atoms with Gasteiger partial charge in [0.1, 0.15) is 12.4 Å². The molecule has 154 valence electrons. The monoisotopic (exact) mass is 421 g/mol. The van der Waals surface area contributed by atoms with Crippen molar-refractivity contribution in [3.05, 3.63) is 65.4 Å². The van der Waals surface area contributed by atoms with Gasteiger partial charge in [-0.2, -0.15) is 0 Å². The summed E-state index contributed by atoms with van der Waals surface area (Å²) in [6, 6.07) is 15.2. The maximum atomic E-state index is 12.6. The van der Waals surface area contributed by atoms with Crippen LogP contribution in [0.25, 0.3) is 10.9 Å². The van der Waals surface area contributed by atoms with E-state index in [1.165, 1.54) is 0 Å². The maximum Gasteiger partial charge on any atom is 0.251 e. The van der Waals surface area contributed by atoms with Crippen LogP contribution in [0.3, 0.4) is 0 Å². The van der Waals surface area contributed by atoms with Crippen molar-refractivity contribution in [2.45, 2.75) is 38.3 Å². The lowest BCUT2D eigenvalue weighted by molar-refractivity contribution is 0.0924. The molecule has 0 bridgehead atoms. The van der Waals surface area contributed by atoms with Crippen LogP contribution in [-0.4, -0.2) is 28.0 Å². The third-order valence-corrected chi connectivity index (χ3v) is 6.83. The van der Waals surface area contributed by atoms with Gasteiger partial charge in [0, 0.05) is 16.6 Å². The molecule has 0 saturated heterocycles. The van der Waals surface area contributed by atoms with Gasteiger partial charge < -0.3 is 10.1 Å². The Balaban J connectivity index is 1.20. The number of nitrogens with zero attached hydrogens (tertiary/aromatic N) is 2. The first-order valence-electron chi connectivity index (χ1n) is 10.6. The summed E-state index contributed by atoms with van der Waals surface area (Å²) in [7, 11) is 0. The fourth-order valence-corrected chi connectivity index (χ4v) is 5.22. The Labute approximate surface area is 180 Å². The van der Waals surface area contributed by atoms with Crippen LogP contribution in [-0.2, 0) is 0 Å². The number of aromatic nitrogens is 2. The summed E-state index contributed by atoms with van der Waals surface area (Å²) in [5.74, 6) is 2.40. The van der Waals surface area contributed by atoms with Crippen molar-refractivity contribution in [1.29, 1.82) is 0 Å². The van der Waals surface area contributed by atoms with E-state index in [-0.39, 0.29) is 18.1 Å². The number of halogens is 1. The van der Waals surface area contributed by atoms with Gasteiger partial charge in [-0.05, 0) is 73.4 Å². The van der Waals surface area contributed by atoms with E-state index in [0.717, 1.165) is 30.2 Å². The molecule has 1 aromatic heterocycles. The molecule has 2 aliphatic carbocycles. The average molecular weight is 422 g/mol. The highest BCUT2D eigenvalue weighted by molar-refractivity contribution is 6.30. The lowest BCUT2D eigenvalue weighted by Crippen LogP contribution is -2.37. The molecule has 6 heteroatoms. The van der Waals surface area contributed by atoms with E-state index in [4.69, 9.17) is 16.3 Å². The highest BCUT2D eigenvalue weighted by Gasteiger charge is 2.59. The van der Waals surface area contributed by atoms with E-state index < -0.39 is 0 Å². The van der Waals surface area contributed by atoms with Crippen LogP contribution in [0.4, 0.5) is 0 Å². The van der Waals surface area contributed by atoms with Gasteiger partial charge >= 0.3 is 0 Å². The van der Waals surface area contributed by atoms with Crippen molar-refractivity contribution < 1.29 is 9.53 Å². The zero-order valence-corrected chi connectivity index (χ0v) is 17.5. The number of hydrogen-bond donors (Lipinski definition) is 1. The Morgan fingerprint density at radius 2 is 1.87 bits per heavy atom. The van der Waals surface area contributed by atoms with Crippen LogP contribution in [0.1, 0.15) is 36.5 Å². The number of carbonyl (C=O) groups excluding carboxylic acids is 1. The van der Waals surface area contributed by atoms with E-state index >= 15 is 0 Å². The summed E-state index contributed by atoms with van der Waals surface area (Å²) in [5.41, 5.74) is 1.56. The van der Waals surface area contributed by atoms with Gasteiger partial charge in [0.15, 0.2) is 0 Å². The van der Waals surface area contributed by atoms with E-state index in [0.29, 0.717) is 34.2 Å². The Kier molecular flexibility index (Phi) is 5.07. The molecule has 3 aromatic rings. The fourth-order valence-electron chi connectivity index (χ4n) is 5.09. The molecule has 2 aliphatic rings. The Morgan fingerprint density at radius 3 is 2.60 bits per heavy atom. The summed E-state index contributed by atoms with van der Waals surface area (Å²) in [6.07, 6.45) is 4.70. The SMILES string of the molecule is CC[C@H](NC(=O)c1ccc(Cl)cc1)C1[C@H]2CC(Oc3ncnc4ccccc34)C[C@H]12. The second-order valence-electron chi connectivity index (χ2n) is 8.31. The lowest BCUT2D eigenvalue weighted by Gasteiger charge is -2.22. The zero-order valence-electron chi connectivity index (χ0n) is 16.8. The molecule has 1 amide bonds. The first-order valence-corrected chi connectivity index (χ1v) is 10.9. The predicted molar refractivity (Wildman–Crippen MR) is 117 cm³/mol. The second-order valence-corrected chi connectivity index (χ2v) is 8.74. The molecule has 0 radical (unpaired) electrons. The van der Waals surface area contributed by atoms with Gasteiger partial charge in [-0.15, -0.1) is 0 Å². The number of fused-ring (bicyclic) bond motifs is 2. The summed E-state index contributed by atoms with van der Waals surface area (Å²) < 4.78 is 6.26. The Bertz CT molecular complexity index is 1050. The molecule has 2 fully saturated rings. The van der Waals surface area contributed by atoms with Crippen LogP contribution < -0.4 is 10.1 Å². The summed E-state index contributed by atoms with van der Waals surface area (Å²) in [4.78, 5) is 21.3. The lowest BCUT2D eigenvalue weighted by atomic mass is 10.00. The first-order chi connectivity index (χ1) is 14.6.